The molecule has 1 atom stereocenters. The van der Waals surface area contributed by atoms with Crippen molar-refractivity contribution >= 4 is 23.1 Å². The molecule has 1 unspecified atom stereocenters. The molecule has 5 nitrogen and oxygen atoms in total. The van der Waals surface area contributed by atoms with E-state index in [2.05, 4.69) is 5.32 Å². The fourth-order valence-electron chi connectivity index (χ4n) is 1.55. The monoisotopic (exact) mass is 274 g/mol. The molecule has 0 radical (unpaired) electrons. The second kappa shape index (κ2) is 7.17. The second-order valence-corrected chi connectivity index (χ2v) is 4.64. The quantitative estimate of drug-likeness (QED) is 0.589. The van der Waals surface area contributed by atoms with E-state index in [4.69, 9.17) is 5.11 Å². The summed E-state index contributed by atoms with van der Waals surface area (Å²) in [4.78, 5) is 10.2. The van der Waals surface area contributed by atoms with Gasteiger partial charge in [-0.15, -0.1) is 0 Å². The third-order valence-corrected chi connectivity index (χ3v) is 3.10. The molecule has 0 fully saturated rings. The molecule has 2 N–H and O–H groups in total. The summed E-state index contributed by atoms with van der Waals surface area (Å²) >= 11 is 1.57. The van der Waals surface area contributed by atoms with Crippen molar-refractivity contribution in [2.75, 3.05) is 23.9 Å². The van der Waals surface area contributed by atoms with Crippen LogP contribution in [-0.4, -0.2) is 34.7 Å². The average Bonchev–Trinajstić information content (AvgIpc) is 2.32. The van der Waals surface area contributed by atoms with Crippen LogP contribution in [0.15, 0.2) is 18.2 Å². The van der Waals surface area contributed by atoms with Gasteiger partial charge in [-0.3, -0.25) is 10.1 Å². The predicted octanol–water partition coefficient (Wildman–Crippen LogP) is 2.26. The summed E-state index contributed by atoms with van der Waals surface area (Å²) in [6.45, 7) is -0.00673. The average molecular weight is 274 g/mol. The van der Waals surface area contributed by atoms with Gasteiger partial charge in [0.2, 0.25) is 0 Å². The maximum absolute atomic E-state index is 13.0. The first-order chi connectivity index (χ1) is 8.58. The molecule has 18 heavy (non-hydrogen) atoms. The fraction of sp³-hybridized carbons (Fsp3) is 0.455. The molecule has 0 aliphatic heterocycles. The highest BCUT2D eigenvalue weighted by atomic mass is 32.2. The summed E-state index contributed by atoms with van der Waals surface area (Å²) in [7, 11) is 0. The van der Waals surface area contributed by atoms with Crippen LogP contribution in [0, 0.1) is 15.9 Å². The summed E-state index contributed by atoms with van der Waals surface area (Å²) in [5, 5.41) is 22.7. The Balaban J connectivity index is 2.90. The zero-order valence-electron chi connectivity index (χ0n) is 9.93. The Morgan fingerprint density at radius 3 is 2.89 bits per heavy atom. The lowest BCUT2D eigenvalue weighted by molar-refractivity contribution is -0.384. The molecule has 1 aromatic rings. The minimum atomic E-state index is -0.643. The van der Waals surface area contributed by atoms with Crippen LogP contribution >= 0.6 is 11.8 Å². The molecule has 0 saturated heterocycles. The number of nitro benzene ring substituents is 1. The summed E-state index contributed by atoms with van der Waals surface area (Å²) in [5.41, 5.74) is -0.0204. The van der Waals surface area contributed by atoms with Crippen LogP contribution in [0.2, 0.25) is 0 Å². The van der Waals surface area contributed by atoms with Gasteiger partial charge in [-0.1, -0.05) is 0 Å². The predicted molar refractivity (Wildman–Crippen MR) is 70.5 cm³/mol. The molecule has 0 bridgehead atoms. The topological polar surface area (TPSA) is 75.4 Å². The fourth-order valence-corrected chi connectivity index (χ4v) is 2.20. The van der Waals surface area contributed by atoms with Gasteiger partial charge < -0.3 is 10.4 Å². The van der Waals surface area contributed by atoms with Crippen molar-refractivity contribution in [3.8, 4) is 0 Å². The van der Waals surface area contributed by atoms with Crippen LogP contribution in [0.1, 0.15) is 6.42 Å². The van der Waals surface area contributed by atoms with Crippen molar-refractivity contribution in [3.63, 3.8) is 0 Å². The Morgan fingerprint density at radius 2 is 2.33 bits per heavy atom. The van der Waals surface area contributed by atoms with Crippen LogP contribution in [0.25, 0.3) is 0 Å². The number of nitro groups is 1. The van der Waals surface area contributed by atoms with E-state index in [0.717, 1.165) is 6.07 Å². The van der Waals surface area contributed by atoms with Crippen LogP contribution in [-0.2, 0) is 0 Å². The molecule has 0 aliphatic rings. The molecule has 1 aromatic carbocycles. The molecule has 1 rings (SSSR count). The highest BCUT2D eigenvalue weighted by Gasteiger charge is 2.17. The molecular weight excluding hydrogens is 259 g/mol. The van der Waals surface area contributed by atoms with Crippen molar-refractivity contribution in [3.05, 3.63) is 34.1 Å². The van der Waals surface area contributed by atoms with Crippen molar-refractivity contribution in [2.24, 2.45) is 0 Å². The number of halogens is 1. The smallest absolute Gasteiger partial charge is 0.295 e. The van der Waals surface area contributed by atoms with E-state index in [-0.39, 0.29) is 24.0 Å². The summed E-state index contributed by atoms with van der Waals surface area (Å²) in [6.07, 6.45) is 2.39. The van der Waals surface area contributed by atoms with Crippen LogP contribution in [0.4, 0.5) is 15.8 Å². The Hall–Kier alpha value is -1.34. The SMILES string of the molecule is CSCC(CCO)Nc1ccc(F)cc1[N+](=O)[O-]. The molecule has 7 heteroatoms. The third kappa shape index (κ3) is 4.15. The minimum absolute atomic E-state index is 0.00673. The number of rotatable bonds is 7. The number of nitrogens with one attached hydrogen (secondary N) is 1. The molecule has 0 spiro atoms. The summed E-state index contributed by atoms with van der Waals surface area (Å²) in [6, 6.07) is 3.31. The highest BCUT2D eigenvalue weighted by Crippen LogP contribution is 2.26. The highest BCUT2D eigenvalue weighted by molar-refractivity contribution is 7.98. The standard InChI is InChI=1S/C11H15FN2O3S/c1-18-7-9(4-5-15)13-10-3-2-8(12)6-11(10)14(16)17/h2-3,6,9,13,15H,4-5,7H2,1H3. The zero-order valence-corrected chi connectivity index (χ0v) is 10.7. The summed E-state index contributed by atoms with van der Waals surface area (Å²) in [5.74, 6) is 0.0607. The van der Waals surface area contributed by atoms with Crippen molar-refractivity contribution < 1.29 is 14.4 Å². The number of hydrogen-bond acceptors (Lipinski definition) is 5. The van der Waals surface area contributed by atoms with Crippen LogP contribution < -0.4 is 5.32 Å². The third-order valence-electron chi connectivity index (χ3n) is 2.36. The van der Waals surface area contributed by atoms with E-state index >= 15 is 0 Å². The number of nitrogens with zero attached hydrogens (tertiary/aromatic N) is 1. The molecule has 100 valence electrons. The first kappa shape index (κ1) is 14.7. The minimum Gasteiger partial charge on any atom is -0.396 e. The van der Waals surface area contributed by atoms with Crippen LogP contribution in [0.5, 0.6) is 0 Å². The number of thioether (sulfide) groups is 1. The molecule has 0 heterocycles. The first-order valence-corrected chi connectivity index (χ1v) is 6.78. The van der Waals surface area contributed by atoms with Gasteiger partial charge in [0.1, 0.15) is 11.5 Å². The maximum Gasteiger partial charge on any atom is 0.295 e. The van der Waals surface area contributed by atoms with Crippen molar-refractivity contribution in [2.45, 2.75) is 12.5 Å². The number of aliphatic hydroxyl groups excluding tert-OH is 1. The Kier molecular flexibility index (Phi) is 5.87. The van der Waals surface area contributed by atoms with Gasteiger partial charge in [-0.05, 0) is 24.8 Å². The molecule has 0 aromatic heterocycles. The molecule has 0 amide bonds. The first-order valence-electron chi connectivity index (χ1n) is 5.38. The van der Waals surface area contributed by atoms with Gasteiger partial charge in [0.15, 0.2) is 0 Å². The zero-order chi connectivity index (χ0) is 13.5. The second-order valence-electron chi connectivity index (χ2n) is 3.73. The number of hydrogen-bond donors (Lipinski definition) is 2. The van der Waals surface area contributed by atoms with Gasteiger partial charge in [0.25, 0.3) is 5.69 Å². The van der Waals surface area contributed by atoms with Gasteiger partial charge >= 0.3 is 0 Å². The van der Waals surface area contributed by atoms with E-state index in [1.807, 2.05) is 6.26 Å². The van der Waals surface area contributed by atoms with E-state index in [1.165, 1.54) is 12.1 Å². The van der Waals surface area contributed by atoms with Crippen molar-refractivity contribution in [1.82, 2.24) is 0 Å². The Labute approximate surface area is 109 Å². The van der Waals surface area contributed by atoms with Gasteiger partial charge in [-0.25, -0.2) is 4.39 Å². The van der Waals surface area contributed by atoms with E-state index in [9.17, 15) is 14.5 Å². The lowest BCUT2D eigenvalue weighted by atomic mass is 10.2. The van der Waals surface area contributed by atoms with Crippen LogP contribution in [0.3, 0.4) is 0 Å². The van der Waals surface area contributed by atoms with E-state index in [1.54, 1.807) is 11.8 Å². The normalized spacial score (nSPS) is 12.2. The molecular formula is C11H15FN2O3S. The van der Waals surface area contributed by atoms with Crippen molar-refractivity contribution in [1.29, 1.82) is 0 Å². The van der Waals surface area contributed by atoms with Gasteiger partial charge in [0, 0.05) is 18.4 Å². The molecule has 0 saturated carbocycles. The largest absolute Gasteiger partial charge is 0.396 e. The van der Waals surface area contributed by atoms with E-state index < -0.39 is 10.7 Å². The Bertz CT molecular complexity index is 411. The van der Waals surface area contributed by atoms with E-state index in [0.29, 0.717) is 12.2 Å². The Morgan fingerprint density at radius 1 is 1.61 bits per heavy atom. The van der Waals surface area contributed by atoms with Gasteiger partial charge in [-0.2, -0.15) is 11.8 Å². The number of anilines is 1. The number of aliphatic hydroxyl groups is 1. The summed E-state index contributed by atoms with van der Waals surface area (Å²) < 4.78 is 13.0. The molecule has 0 aliphatic carbocycles. The lowest BCUT2D eigenvalue weighted by Gasteiger charge is -2.17. The lowest BCUT2D eigenvalue weighted by Crippen LogP contribution is -2.24. The van der Waals surface area contributed by atoms with Gasteiger partial charge in [0.05, 0.1) is 11.0 Å². The number of benzene rings is 1. The maximum atomic E-state index is 13.0.